The number of piperazine rings is 1. The molecule has 1 aromatic carbocycles. The summed E-state index contributed by atoms with van der Waals surface area (Å²) in [4.78, 5) is 31.6. The first-order chi connectivity index (χ1) is 21.3. The lowest BCUT2D eigenvalue weighted by molar-refractivity contribution is 0.136. The van der Waals surface area contributed by atoms with Crippen LogP contribution in [0.1, 0.15) is 53.8 Å². The standard InChI is InChI=1S/C32H37F2N7O3/c1-3-20-17-41(32(43)38-23-5-4-21(26(13-23)30(33)34)16-40-10-8-39(2)9-11-40)18-22-12-25(15-36-29(20)22)44-28-6-7-35-31-27(28)14-24(19-42)37-31/h4-7,12-15,20,30,42H,3,8-11,16-19H2,1-2H3,(H,35,37)(H,38,43)/t20-/m1/s1. The van der Waals surface area contributed by atoms with Crippen LogP contribution >= 0.6 is 0 Å². The van der Waals surface area contributed by atoms with Gasteiger partial charge in [-0.1, -0.05) is 13.0 Å². The van der Waals surface area contributed by atoms with Crippen molar-refractivity contribution in [3.8, 4) is 11.5 Å². The Bertz CT molecular complexity index is 1640. The van der Waals surface area contributed by atoms with E-state index in [0.29, 0.717) is 53.7 Å². The number of hydrogen-bond donors (Lipinski definition) is 3. The zero-order valence-corrected chi connectivity index (χ0v) is 24.9. The van der Waals surface area contributed by atoms with Crippen LogP contribution in [0.25, 0.3) is 11.0 Å². The zero-order chi connectivity index (χ0) is 30.8. The lowest BCUT2D eigenvalue weighted by Crippen LogP contribution is -2.44. The Morgan fingerprint density at radius 2 is 1.98 bits per heavy atom. The molecule has 5 heterocycles. The summed E-state index contributed by atoms with van der Waals surface area (Å²) in [6, 6.07) is 9.88. The van der Waals surface area contributed by atoms with Crippen LogP contribution in [-0.4, -0.2) is 80.6 Å². The molecule has 10 nitrogen and oxygen atoms in total. The third-order valence-corrected chi connectivity index (χ3v) is 8.51. The minimum Gasteiger partial charge on any atom is -0.455 e. The molecule has 3 aromatic heterocycles. The number of carbonyl (C=O) groups excluding carboxylic acids is 1. The molecule has 44 heavy (non-hydrogen) atoms. The maximum Gasteiger partial charge on any atom is 0.322 e. The Balaban J connectivity index is 1.17. The van der Waals surface area contributed by atoms with Gasteiger partial charge in [-0.3, -0.25) is 9.88 Å². The van der Waals surface area contributed by atoms with Crippen molar-refractivity contribution < 1.29 is 23.4 Å². The van der Waals surface area contributed by atoms with Gasteiger partial charge in [-0.05, 0) is 54.9 Å². The molecule has 2 amide bonds. The summed E-state index contributed by atoms with van der Waals surface area (Å²) < 4.78 is 34.4. The molecule has 0 bridgehead atoms. The van der Waals surface area contributed by atoms with E-state index in [9.17, 15) is 18.7 Å². The van der Waals surface area contributed by atoms with E-state index in [1.54, 1.807) is 41.6 Å². The Kier molecular flexibility index (Phi) is 8.74. The number of H-pyrrole nitrogens is 1. The molecule has 1 fully saturated rings. The number of fused-ring (bicyclic) bond motifs is 2. The number of urea groups is 1. The van der Waals surface area contributed by atoms with Crippen LogP contribution in [0.2, 0.25) is 0 Å². The van der Waals surface area contributed by atoms with Crippen molar-refractivity contribution in [2.45, 2.75) is 45.4 Å². The number of likely N-dealkylation sites (N-methyl/N-ethyl adjacent to an activating group) is 1. The van der Waals surface area contributed by atoms with Gasteiger partial charge < -0.3 is 29.9 Å². The van der Waals surface area contributed by atoms with E-state index in [0.717, 1.165) is 49.2 Å². The molecular formula is C32H37F2N7O3. The van der Waals surface area contributed by atoms with E-state index in [2.05, 4.69) is 32.1 Å². The number of pyridine rings is 2. The SMILES string of the molecule is CC[C@@H]1CN(C(=O)Nc2ccc(CN3CCN(C)CC3)c(C(F)F)c2)Cc2cc(Oc3ccnc4[nH]c(CO)cc34)cnc21. The Morgan fingerprint density at radius 3 is 2.73 bits per heavy atom. The highest BCUT2D eigenvalue weighted by Gasteiger charge is 2.29. The largest absolute Gasteiger partial charge is 0.455 e. The quantitative estimate of drug-likeness (QED) is 0.244. The first-order valence-corrected chi connectivity index (χ1v) is 14.9. The highest BCUT2D eigenvalue weighted by molar-refractivity contribution is 5.89. The van der Waals surface area contributed by atoms with Crippen LogP contribution < -0.4 is 10.1 Å². The van der Waals surface area contributed by atoms with Gasteiger partial charge in [0.05, 0.1) is 23.9 Å². The summed E-state index contributed by atoms with van der Waals surface area (Å²) in [7, 11) is 2.06. The smallest absolute Gasteiger partial charge is 0.322 e. The zero-order valence-electron chi connectivity index (χ0n) is 24.9. The van der Waals surface area contributed by atoms with E-state index in [1.807, 2.05) is 13.0 Å². The third-order valence-electron chi connectivity index (χ3n) is 8.51. The number of benzene rings is 1. The van der Waals surface area contributed by atoms with Crippen molar-refractivity contribution in [3.63, 3.8) is 0 Å². The minimum absolute atomic E-state index is 0.0190. The van der Waals surface area contributed by atoms with Gasteiger partial charge in [0, 0.05) is 74.9 Å². The number of alkyl halides is 2. The van der Waals surface area contributed by atoms with Crippen LogP contribution in [0.15, 0.2) is 48.8 Å². The lowest BCUT2D eigenvalue weighted by Gasteiger charge is -2.34. The average molecular weight is 606 g/mol. The molecule has 0 unspecified atom stereocenters. The predicted octanol–water partition coefficient (Wildman–Crippen LogP) is 5.47. The number of anilines is 1. The number of aromatic amines is 1. The van der Waals surface area contributed by atoms with Gasteiger partial charge >= 0.3 is 6.03 Å². The molecule has 1 saturated heterocycles. The molecular weight excluding hydrogens is 568 g/mol. The molecule has 1 atom stereocenters. The van der Waals surface area contributed by atoms with Gasteiger partial charge in [0.25, 0.3) is 6.43 Å². The summed E-state index contributed by atoms with van der Waals surface area (Å²) in [5, 5.41) is 13.1. The number of hydrogen-bond acceptors (Lipinski definition) is 7. The average Bonchev–Trinajstić information content (AvgIpc) is 3.47. The van der Waals surface area contributed by atoms with Gasteiger partial charge in [0.15, 0.2) is 0 Å². The van der Waals surface area contributed by atoms with Crippen LogP contribution in [-0.2, 0) is 19.7 Å². The van der Waals surface area contributed by atoms with Crippen molar-refractivity contribution in [1.82, 2.24) is 29.7 Å². The van der Waals surface area contributed by atoms with Crippen LogP contribution in [0.5, 0.6) is 11.5 Å². The summed E-state index contributed by atoms with van der Waals surface area (Å²) in [6.45, 7) is 6.61. The van der Waals surface area contributed by atoms with E-state index >= 15 is 0 Å². The van der Waals surface area contributed by atoms with Crippen LogP contribution in [0, 0.1) is 0 Å². The monoisotopic (exact) mass is 605 g/mol. The molecule has 6 rings (SSSR count). The maximum atomic E-state index is 14.1. The number of halogens is 2. The number of aliphatic hydroxyl groups excluding tert-OH is 1. The molecule has 0 spiro atoms. The number of carbonyl (C=O) groups is 1. The number of nitrogens with zero attached hydrogens (tertiary/aromatic N) is 5. The van der Waals surface area contributed by atoms with Crippen molar-refractivity contribution in [2.24, 2.45) is 0 Å². The highest BCUT2D eigenvalue weighted by Crippen LogP contribution is 2.35. The molecule has 0 aliphatic carbocycles. The second kappa shape index (κ2) is 12.8. The topological polar surface area (TPSA) is 110 Å². The summed E-state index contributed by atoms with van der Waals surface area (Å²) in [6.07, 6.45) is 1.43. The third kappa shape index (κ3) is 6.37. The molecule has 0 radical (unpaired) electrons. The van der Waals surface area contributed by atoms with Gasteiger partial charge in [0.1, 0.15) is 17.1 Å². The summed E-state index contributed by atoms with van der Waals surface area (Å²) >= 11 is 0. The van der Waals surface area contributed by atoms with Crippen molar-refractivity contribution >= 4 is 22.8 Å². The fourth-order valence-corrected chi connectivity index (χ4v) is 5.98. The first-order valence-electron chi connectivity index (χ1n) is 14.9. The maximum absolute atomic E-state index is 14.1. The van der Waals surface area contributed by atoms with Gasteiger partial charge in [-0.15, -0.1) is 0 Å². The van der Waals surface area contributed by atoms with Crippen LogP contribution in [0.3, 0.4) is 0 Å². The Labute approximate surface area is 254 Å². The molecule has 2 aliphatic rings. The number of aromatic nitrogens is 3. The van der Waals surface area contributed by atoms with Gasteiger partial charge in [-0.25, -0.2) is 18.6 Å². The summed E-state index contributed by atoms with van der Waals surface area (Å²) in [5.74, 6) is 1.10. The van der Waals surface area contributed by atoms with E-state index in [1.165, 1.54) is 6.07 Å². The van der Waals surface area contributed by atoms with Crippen LogP contribution in [0.4, 0.5) is 19.3 Å². The highest BCUT2D eigenvalue weighted by atomic mass is 19.3. The van der Waals surface area contributed by atoms with E-state index in [-0.39, 0.29) is 24.1 Å². The fraction of sp³-hybridized carbons (Fsp3) is 0.406. The Hall–Kier alpha value is -4.13. The van der Waals surface area contributed by atoms with Crippen molar-refractivity contribution in [2.75, 3.05) is 45.1 Å². The number of rotatable bonds is 8. The van der Waals surface area contributed by atoms with Gasteiger partial charge in [-0.2, -0.15) is 0 Å². The second-order valence-electron chi connectivity index (χ2n) is 11.6. The number of aliphatic hydroxyl groups is 1. The molecule has 0 saturated carbocycles. The second-order valence-corrected chi connectivity index (χ2v) is 11.6. The molecule has 12 heteroatoms. The molecule has 232 valence electrons. The van der Waals surface area contributed by atoms with Crippen molar-refractivity contribution in [1.29, 1.82) is 0 Å². The van der Waals surface area contributed by atoms with Gasteiger partial charge in [0.2, 0.25) is 0 Å². The molecule has 2 aliphatic heterocycles. The predicted molar refractivity (Wildman–Crippen MR) is 163 cm³/mol. The minimum atomic E-state index is -2.65. The van der Waals surface area contributed by atoms with E-state index < -0.39 is 6.43 Å². The molecule has 4 aromatic rings. The fourth-order valence-electron chi connectivity index (χ4n) is 5.98. The molecule has 3 N–H and O–H groups in total. The number of ether oxygens (including phenoxy) is 1. The normalized spacial score (nSPS) is 17.7. The number of nitrogens with one attached hydrogen (secondary N) is 2. The van der Waals surface area contributed by atoms with E-state index in [4.69, 9.17) is 9.72 Å². The van der Waals surface area contributed by atoms with Crippen molar-refractivity contribution in [3.05, 3.63) is 76.9 Å². The Morgan fingerprint density at radius 1 is 1.16 bits per heavy atom. The number of amides is 2. The summed E-state index contributed by atoms with van der Waals surface area (Å²) in [5.41, 5.74) is 3.89. The first kappa shape index (κ1) is 29.9. The lowest BCUT2D eigenvalue weighted by atomic mass is 9.92.